The summed E-state index contributed by atoms with van der Waals surface area (Å²) in [5.74, 6) is -3.30. The minimum atomic E-state index is -0.929. The first kappa shape index (κ1) is 36.4. The van der Waals surface area contributed by atoms with E-state index in [2.05, 4.69) is 10.2 Å². The van der Waals surface area contributed by atoms with Crippen LogP contribution in [0, 0.1) is 0 Å². The normalized spacial score (nSPS) is 10.9. The smallest absolute Gasteiger partial charge is 0.407 e. The maximum Gasteiger partial charge on any atom is 0.407 e. The Morgan fingerprint density at radius 1 is 0.844 bits per heavy atom. The summed E-state index contributed by atoms with van der Waals surface area (Å²) in [5.41, 5.74) is -0.856. The van der Waals surface area contributed by atoms with E-state index in [0.29, 0.717) is 12.8 Å². The zero-order valence-corrected chi connectivity index (χ0v) is 25.2. The average Bonchev–Trinajstić information content (AvgIpc) is 2.94. The Morgan fingerprint density at radius 3 is 2.22 bits per heavy atom. The second kappa shape index (κ2) is 18.1. The van der Waals surface area contributed by atoms with E-state index in [1.807, 2.05) is 0 Å². The van der Waals surface area contributed by atoms with Crippen LogP contribution in [0.2, 0.25) is 0 Å². The maximum absolute atomic E-state index is 12.7. The number of hydrogen-bond acceptors (Lipinski definition) is 15. The number of unbranched alkanes of at least 4 members (excludes halogenated alkanes) is 1. The molecule has 0 saturated carbocycles. The summed E-state index contributed by atoms with van der Waals surface area (Å²) in [7, 11) is 0. The summed E-state index contributed by atoms with van der Waals surface area (Å²) < 4.78 is 31.1. The summed E-state index contributed by atoms with van der Waals surface area (Å²) in [6.07, 6.45) is -0.156. The molecular formula is C29H36N2O14. The Bertz CT molecular complexity index is 1320. The van der Waals surface area contributed by atoms with E-state index in [0.717, 1.165) is 0 Å². The molecule has 0 atom stereocenters. The fraction of sp³-hybridized carbons (Fsp3) is 0.414. The number of ether oxygens (including phenoxy) is 6. The molecule has 1 amide bonds. The van der Waals surface area contributed by atoms with Crippen molar-refractivity contribution < 1.29 is 67.6 Å². The first-order valence-electron chi connectivity index (χ1n) is 13.6. The lowest BCUT2D eigenvalue weighted by Crippen LogP contribution is -2.34. The lowest BCUT2D eigenvalue weighted by atomic mass is 10.2. The van der Waals surface area contributed by atoms with Crippen LogP contribution in [0.3, 0.4) is 0 Å². The second-order valence-corrected chi connectivity index (χ2v) is 10.0. The average molecular weight is 637 g/mol. The number of benzene rings is 2. The van der Waals surface area contributed by atoms with E-state index in [1.54, 1.807) is 26.8 Å². The van der Waals surface area contributed by atoms with Gasteiger partial charge in [0.05, 0.1) is 30.6 Å². The maximum atomic E-state index is 12.7. The molecule has 16 nitrogen and oxygen atoms in total. The van der Waals surface area contributed by atoms with Crippen molar-refractivity contribution in [1.29, 1.82) is 0 Å². The van der Waals surface area contributed by atoms with E-state index in [1.165, 1.54) is 43.3 Å². The molecule has 2 aromatic carbocycles. The van der Waals surface area contributed by atoms with Crippen LogP contribution < -0.4 is 19.5 Å². The van der Waals surface area contributed by atoms with Crippen molar-refractivity contribution in [2.45, 2.75) is 52.6 Å². The lowest BCUT2D eigenvalue weighted by molar-refractivity contribution is -0.492. The SMILES string of the molecule is CC(=O)Oc1ccccc1C(=O)OCOC(=O)c1ccc(OCCCCON(O)O)c(OC(=O)CCNC(=O)OC(C)(C)C)c1. The third-order valence-electron chi connectivity index (χ3n) is 5.14. The summed E-state index contributed by atoms with van der Waals surface area (Å²) in [5, 5.41) is 19.2. The van der Waals surface area contributed by atoms with Gasteiger partial charge in [-0.25, -0.2) is 14.4 Å². The van der Waals surface area contributed by atoms with Crippen molar-refractivity contribution in [2.75, 3.05) is 26.6 Å². The molecule has 0 aromatic heterocycles. The molecule has 0 aliphatic heterocycles. The Hall–Kier alpha value is -4.77. The number of amides is 1. The first-order chi connectivity index (χ1) is 21.2. The molecule has 2 aromatic rings. The molecule has 16 heteroatoms. The quantitative estimate of drug-likeness (QED) is 0.0791. The number of alkyl carbamates (subject to hydrolysis) is 1. The van der Waals surface area contributed by atoms with Gasteiger partial charge in [-0.15, -0.1) is 0 Å². The van der Waals surface area contributed by atoms with E-state index in [4.69, 9.17) is 38.8 Å². The van der Waals surface area contributed by atoms with Crippen LogP contribution in [0.5, 0.6) is 17.2 Å². The Kier molecular flexibility index (Phi) is 14.7. The van der Waals surface area contributed by atoms with E-state index >= 15 is 0 Å². The number of nitrogens with zero attached hydrogens (tertiary/aromatic N) is 1. The van der Waals surface area contributed by atoms with E-state index in [9.17, 15) is 24.0 Å². The molecule has 0 bridgehead atoms. The summed E-state index contributed by atoms with van der Waals surface area (Å²) >= 11 is 0. The van der Waals surface area contributed by atoms with Crippen molar-refractivity contribution in [3.05, 3.63) is 53.6 Å². The van der Waals surface area contributed by atoms with Gasteiger partial charge in [0, 0.05) is 13.5 Å². The predicted molar refractivity (Wildman–Crippen MR) is 150 cm³/mol. The van der Waals surface area contributed by atoms with Crippen molar-refractivity contribution >= 4 is 30.0 Å². The highest BCUT2D eigenvalue weighted by Gasteiger charge is 2.20. The Morgan fingerprint density at radius 2 is 1.53 bits per heavy atom. The molecule has 0 radical (unpaired) electrons. The van der Waals surface area contributed by atoms with Crippen LogP contribution in [0.1, 0.15) is 67.7 Å². The van der Waals surface area contributed by atoms with Gasteiger partial charge in [-0.2, -0.15) is 0 Å². The number of carbonyl (C=O) groups is 5. The monoisotopic (exact) mass is 636 g/mol. The van der Waals surface area contributed by atoms with Gasteiger partial charge in [0.2, 0.25) is 6.79 Å². The van der Waals surface area contributed by atoms with Gasteiger partial charge in [0.25, 0.3) is 0 Å². The standard InChI is InChI=1S/C29H36N2O14/c1-19(32)43-22-10-6-5-9-21(22)27(35)41-18-40-26(34)20-11-12-23(39-15-7-8-16-42-31(37)38)24(17-20)44-25(33)13-14-30-28(36)45-29(2,3)4/h5-6,9-12,17,37-38H,7-8,13-16,18H2,1-4H3,(H,30,36). The number of nitrogens with one attached hydrogen (secondary N) is 1. The van der Waals surface area contributed by atoms with Gasteiger partial charge >= 0.3 is 30.0 Å². The zero-order valence-electron chi connectivity index (χ0n) is 25.2. The summed E-state index contributed by atoms with van der Waals surface area (Å²) in [6.45, 7) is 5.47. The van der Waals surface area contributed by atoms with Gasteiger partial charge in [-0.1, -0.05) is 12.1 Å². The number of esters is 4. The van der Waals surface area contributed by atoms with Crippen LogP contribution in [0.25, 0.3) is 0 Å². The number of hydrogen-bond donors (Lipinski definition) is 3. The molecule has 0 heterocycles. The van der Waals surface area contributed by atoms with Crippen LogP contribution in [-0.4, -0.2) is 77.9 Å². The highest BCUT2D eigenvalue weighted by molar-refractivity contribution is 5.94. The molecule has 3 N–H and O–H groups in total. The highest BCUT2D eigenvalue weighted by atomic mass is 17.1. The lowest BCUT2D eigenvalue weighted by Gasteiger charge is -2.19. The fourth-order valence-electron chi connectivity index (χ4n) is 3.30. The van der Waals surface area contributed by atoms with Gasteiger partial charge in [-0.05, 0) is 63.9 Å². The summed E-state index contributed by atoms with van der Waals surface area (Å²) in [4.78, 5) is 65.2. The number of rotatable bonds is 16. The minimum Gasteiger partial charge on any atom is -0.490 e. The fourth-order valence-corrected chi connectivity index (χ4v) is 3.30. The molecule has 0 fully saturated rings. The zero-order chi connectivity index (χ0) is 33.4. The van der Waals surface area contributed by atoms with E-state index in [-0.39, 0.29) is 54.6 Å². The molecule has 246 valence electrons. The Balaban J connectivity index is 2.03. The van der Waals surface area contributed by atoms with Gasteiger partial charge in [0.15, 0.2) is 11.5 Å². The van der Waals surface area contributed by atoms with Crippen molar-refractivity contribution in [3.8, 4) is 17.2 Å². The van der Waals surface area contributed by atoms with Crippen molar-refractivity contribution in [2.24, 2.45) is 0 Å². The van der Waals surface area contributed by atoms with Gasteiger partial charge in [-0.3, -0.25) is 24.8 Å². The topological polar surface area (TPSA) is 206 Å². The van der Waals surface area contributed by atoms with Crippen molar-refractivity contribution in [1.82, 2.24) is 10.7 Å². The third kappa shape index (κ3) is 14.5. The van der Waals surface area contributed by atoms with Crippen LogP contribution in [0.15, 0.2) is 42.5 Å². The molecule has 0 spiro atoms. The van der Waals surface area contributed by atoms with Crippen LogP contribution >= 0.6 is 0 Å². The predicted octanol–water partition coefficient (Wildman–Crippen LogP) is 3.57. The molecule has 0 unspecified atom stereocenters. The third-order valence-corrected chi connectivity index (χ3v) is 5.14. The number of carbonyl (C=O) groups excluding carboxylic acids is 5. The molecule has 0 aliphatic rings. The highest BCUT2D eigenvalue weighted by Crippen LogP contribution is 2.29. The van der Waals surface area contributed by atoms with Gasteiger partial charge in [0.1, 0.15) is 16.9 Å². The Labute approximate surface area is 258 Å². The molecule has 0 aliphatic carbocycles. The largest absolute Gasteiger partial charge is 0.490 e. The van der Waals surface area contributed by atoms with Gasteiger partial charge < -0.3 is 33.7 Å². The van der Waals surface area contributed by atoms with E-state index < -0.39 is 47.8 Å². The summed E-state index contributed by atoms with van der Waals surface area (Å²) in [6, 6.07) is 9.73. The molecule has 0 saturated heterocycles. The van der Waals surface area contributed by atoms with Crippen LogP contribution in [-0.2, 0) is 28.6 Å². The molecule has 45 heavy (non-hydrogen) atoms. The minimum absolute atomic E-state index is 0.00641. The first-order valence-corrected chi connectivity index (χ1v) is 13.6. The molecule has 2 rings (SSSR count). The van der Waals surface area contributed by atoms with Crippen molar-refractivity contribution in [3.63, 3.8) is 0 Å². The molecular weight excluding hydrogens is 600 g/mol. The number of para-hydroxylation sites is 1. The van der Waals surface area contributed by atoms with Crippen LogP contribution in [0.4, 0.5) is 4.79 Å². The second-order valence-electron chi connectivity index (χ2n) is 10.0.